The van der Waals surface area contributed by atoms with E-state index in [0.29, 0.717) is 13.0 Å². The van der Waals surface area contributed by atoms with Gasteiger partial charge in [-0.3, -0.25) is 4.98 Å². The van der Waals surface area contributed by atoms with Crippen LogP contribution < -0.4 is 0 Å². The van der Waals surface area contributed by atoms with Gasteiger partial charge in [0.05, 0.1) is 24.3 Å². The zero-order valence-corrected chi connectivity index (χ0v) is 10.8. The maximum Gasteiger partial charge on any atom is 0.0814 e. The summed E-state index contributed by atoms with van der Waals surface area (Å²) in [7, 11) is 0. The highest BCUT2D eigenvalue weighted by molar-refractivity contribution is 5.81. The second-order valence-corrected chi connectivity index (χ2v) is 4.73. The number of para-hydroxylation sites is 1. The van der Waals surface area contributed by atoms with E-state index in [1.54, 1.807) is 6.20 Å². The monoisotopic (exact) mass is 245 g/mol. The maximum absolute atomic E-state index is 9.97. The Labute approximate surface area is 107 Å². The Bertz CT molecular complexity index is 505. The molecule has 0 aliphatic rings. The van der Waals surface area contributed by atoms with Crippen LogP contribution in [0.2, 0.25) is 0 Å². The van der Waals surface area contributed by atoms with Crippen LogP contribution in [0.3, 0.4) is 0 Å². The lowest BCUT2D eigenvalue weighted by atomic mass is 10.0. The van der Waals surface area contributed by atoms with E-state index in [2.05, 4.69) is 4.98 Å². The quantitative estimate of drug-likeness (QED) is 0.880. The molecule has 0 radical (unpaired) electrons. The minimum Gasteiger partial charge on any atom is -0.390 e. The number of benzene rings is 1. The summed E-state index contributed by atoms with van der Waals surface area (Å²) in [6.45, 7) is 4.30. The van der Waals surface area contributed by atoms with Crippen molar-refractivity contribution in [1.29, 1.82) is 0 Å². The van der Waals surface area contributed by atoms with Crippen molar-refractivity contribution in [2.24, 2.45) is 0 Å². The van der Waals surface area contributed by atoms with Gasteiger partial charge in [0.15, 0.2) is 0 Å². The summed E-state index contributed by atoms with van der Waals surface area (Å²) in [5.74, 6) is 0. The van der Waals surface area contributed by atoms with E-state index in [-0.39, 0.29) is 6.10 Å². The molecular formula is C15H19NO2. The van der Waals surface area contributed by atoms with Gasteiger partial charge < -0.3 is 9.84 Å². The van der Waals surface area contributed by atoms with Crippen LogP contribution in [0.1, 0.15) is 19.4 Å². The molecule has 0 fully saturated rings. The van der Waals surface area contributed by atoms with Crippen molar-refractivity contribution in [3.8, 4) is 0 Å². The van der Waals surface area contributed by atoms with E-state index in [4.69, 9.17) is 4.74 Å². The topological polar surface area (TPSA) is 42.4 Å². The minimum absolute atomic E-state index is 0.147. The Morgan fingerprint density at radius 3 is 2.78 bits per heavy atom. The first kappa shape index (κ1) is 13.0. The van der Waals surface area contributed by atoms with Gasteiger partial charge in [-0.1, -0.05) is 18.2 Å². The van der Waals surface area contributed by atoms with Crippen molar-refractivity contribution in [1.82, 2.24) is 4.98 Å². The first-order valence-corrected chi connectivity index (χ1v) is 6.29. The van der Waals surface area contributed by atoms with Gasteiger partial charge in [0.1, 0.15) is 0 Å². The van der Waals surface area contributed by atoms with Gasteiger partial charge in [0.25, 0.3) is 0 Å². The summed E-state index contributed by atoms with van der Waals surface area (Å²) in [5, 5.41) is 11.1. The van der Waals surface area contributed by atoms with Gasteiger partial charge in [-0.15, -0.1) is 0 Å². The molecule has 0 bridgehead atoms. The number of aliphatic hydroxyl groups is 1. The fraction of sp³-hybridized carbons (Fsp3) is 0.400. The summed E-state index contributed by atoms with van der Waals surface area (Å²) in [5.41, 5.74) is 2.08. The predicted molar refractivity (Wildman–Crippen MR) is 72.5 cm³/mol. The third-order valence-electron chi connectivity index (χ3n) is 2.82. The molecule has 0 spiro atoms. The molecule has 0 saturated carbocycles. The van der Waals surface area contributed by atoms with Gasteiger partial charge in [0, 0.05) is 18.0 Å². The fourth-order valence-electron chi connectivity index (χ4n) is 1.95. The molecule has 3 nitrogen and oxygen atoms in total. The van der Waals surface area contributed by atoms with E-state index in [9.17, 15) is 5.11 Å². The van der Waals surface area contributed by atoms with Crippen LogP contribution in [0.5, 0.6) is 0 Å². The van der Waals surface area contributed by atoms with E-state index in [1.165, 1.54) is 0 Å². The van der Waals surface area contributed by atoms with Crippen LogP contribution in [0.25, 0.3) is 10.9 Å². The van der Waals surface area contributed by atoms with E-state index < -0.39 is 6.10 Å². The number of nitrogens with zero attached hydrogens (tertiary/aromatic N) is 1. The number of ether oxygens (including phenoxy) is 1. The number of aromatic nitrogens is 1. The van der Waals surface area contributed by atoms with Crippen molar-refractivity contribution in [3.05, 3.63) is 42.1 Å². The highest BCUT2D eigenvalue weighted by Gasteiger charge is 2.09. The largest absolute Gasteiger partial charge is 0.390 e. The zero-order valence-electron chi connectivity index (χ0n) is 10.8. The number of fused-ring (bicyclic) bond motifs is 1. The molecule has 0 saturated heterocycles. The van der Waals surface area contributed by atoms with Crippen molar-refractivity contribution < 1.29 is 9.84 Å². The Balaban J connectivity index is 2.11. The van der Waals surface area contributed by atoms with Crippen molar-refractivity contribution in [2.45, 2.75) is 32.5 Å². The average Bonchev–Trinajstić information content (AvgIpc) is 2.37. The molecule has 3 heteroatoms. The first-order valence-electron chi connectivity index (χ1n) is 6.29. The van der Waals surface area contributed by atoms with Gasteiger partial charge in [-0.25, -0.2) is 0 Å². The summed E-state index contributed by atoms with van der Waals surface area (Å²) in [6.07, 6.45) is 2.05. The smallest absolute Gasteiger partial charge is 0.0814 e. The second kappa shape index (κ2) is 5.94. The lowest BCUT2D eigenvalue weighted by Gasteiger charge is -2.14. The lowest BCUT2D eigenvalue weighted by Crippen LogP contribution is -2.20. The number of rotatable bonds is 5. The highest BCUT2D eigenvalue weighted by atomic mass is 16.5. The second-order valence-electron chi connectivity index (χ2n) is 4.73. The van der Waals surface area contributed by atoms with Gasteiger partial charge >= 0.3 is 0 Å². The van der Waals surface area contributed by atoms with Gasteiger partial charge in [0.2, 0.25) is 0 Å². The van der Waals surface area contributed by atoms with Crippen LogP contribution in [0.15, 0.2) is 36.5 Å². The molecule has 1 N–H and O–H groups in total. The Hall–Kier alpha value is -1.45. The standard InChI is InChI=1S/C15H19NO2/c1-11(2)18-10-13(17)9-12-7-8-16-15-6-4-3-5-14(12)15/h3-8,11,13,17H,9-10H2,1-2H3. The Kier molecular flexibility index (Phi) is 4.28. The molecule has 1 atom stereocenters. The normalized spacial score (nSPS) is 13.1. The molecule has 0 aliphatic carbocycles. The molecule has 18 heavy (non-hydrogen) atoms. The van der Waals surface area contributed by atoms with E-state index in [0.717, 1.165) is 16.5 Å². The minimum atomic E-state index is -0.474. The molecule has 1 aromatic carbocycles. The van der Waals surface area contributed by atoms with Gasteiger partial charge in [-0.05, 0) is 31.5 Å². The average molecular weight is 245 g/mol. The summed E-state index contributed by atoms with van der Waals surface area (Å²) in [6, 6.07) is 9.94. The number of hydrogen-bond acceptors (Lipinski definition) is 3. The summed E-state index contributed by atoms with van der Waals surface area (Å²) >= 11 is 0. The zero-order chi connectivity index (χ0) is 13.0. The lowest BCUT2D eigenvalue weighted by molar-refractivity contribution is 0.00633. The molecule has 0 amide bonds. The molecule has 0 aliphatic heterocycles. The SMILES string of the molecule is CC(C)OCC(O)Cc1ccnc2ccccc12. The summed E-state index contributed by atoms with van der Waals surface area (Å²) in [4.78, 5) is 4.31. The van der Waals surface area contributed by atoms with Crippen molar-refractivity contribution in [2.75, 3.05) is 6.61 Å². The number of hydrogen-bond donors (Lipinski definition) is 1. The first-order chi connectivity index (χ1) is 8.66. The highest BCUT2D eigenvalue weighted by Crippen LogP contribution is 2.17. The maximum atomic E-state index is 9.97. The van der Waals surface area contributed by atoms with E-state index in [1.807, 2.05) is 44.2 Å². The van der Waals surface area contributed by atoms with Crippen LogP contribution in [-0.2, 0) is 11.2 Å². The van der Waals surface area contributed by atoms with Crippen LogP contribution in [0, 0.1) is 0 Å². The molecule has 96 valence electrons. The van der Waals surface area contributed by atoms with Gasteiger partial charge in [-0.2, -0.15) is 0 Å². The predicted octanol–water partition coefficient (Wildman–Crippen LogP) is 2.56. The third kappa shape index (κ3) is 3.28. The van der Waals surface area contributed by atoms with E-state index >= 15 is 0 Å². The van der Waals surface area contributed by atoms with Crippen LogP contribution >= 0.6 is 0 Å². The van der Waals surface area contributed by atoms with Crippen LogP contribution in [-0.4, -0.2) is 28.9 Å². The fourth-order valence-corrected chi connectivity index (χ4v) is 1.95. The summed E-state index contributed by atoms with van der Waals surface area (Å²) < 4.78 is 5.42. The molecule has 1 heterocycles. The van der Waals surface area contributed by atoms with Crippen LogP contribution in [0.4, 0.5) is 0 Å². The third-order valence-corrected chi connectivity index (χ3v) is 2.82. The number of aliphatic hydroxyl groups excluding tert-OH is 1. The number of pyridine rings is 1. The molecule has 2 aromatic rings. The molecule has 2 rings (SSSR count). The molecule has 1 unspecified atom stereocenters. The van der Waals surface area contributed by atoms with Crippen molar-refractivity contribution >= 4 is 10.9 Å². The van der Waals surface area contributed by atoms with Crippen molar-refractivity contribution in [3.63, 3.8) is 0 Å². The molecular weight excluding hydrogens is 226 g/mol. The Morgan fingerprint density at radius 1 is 1.22 bits per heavy atom. The Morgan fingerprint density at radius 2 is 2.00 bits per heavy atom. The molecule has 1 aromatic heterocycles.